The molecule has 2 saturated heterocycles. The van der Waals surface area contributed by atoms with Crippen molar-refractivity contribution in [2.75, 3.05) is 24.5 Å². The first-order chi connectivity index (χ1) is 17.2. The van der Waals surface area contributed by atoms with Crippen LogP contribution in [0.1, 0.15) is 30.4 Å². The molecular formula is C26H25N3O6S. The van der Waals surface area contributed by atoms with Crippen molar-refractivity contribution < 1.29 is 27.9 Å². The van der Waals surface area contributed by atoms with Crippen LogP contribution in [0.5, 0.6) is 0 Å². The standard InChI is InChI=1S/C26H25N3O6S/c1-2-14-29-20-9-5-4-8-19(20)26(25(29)33)21(23(31)24(32)27-26)22(30)17-10-12-18(13-11-17)36(34,35)28-15-6-3-7-16-28/h2,4-5,8-13,30H,1,3,6-7,14-16H2,(H,27,32). The second-order valence-electron chi connectivity index (χ2n) is 8.97. The molecule has 9 nitrogen and oxygen atoms in total. The molecule has 0 aliphatic carbocycles. The second-order valence-corrected chi connectivity index (χ2v) is 10.9. The van der Waals surface area contributed by atoms with Gasteiger partial charge in [-0.1, -0.05) is 30.7 Å². The number of aliphatic hydroxyl groups is 1. The van der Waals surface area contributed by atoms with Crippen LogP contribution in [0.3, 0.4) is 0 Å². The van der Waals surface area contributed by atoms with E-state index in [0.29, 0.717) is 24.3 Å². The number of carbonyl (C=O) groups excluding carboxylic acids is 3. The van der Waals surface area contributed by atoms with Gasteiger partial charge < -0.3 is 15.3 Å². The molecule has 2 N–H and O–H groups in total. The molecule has 2 fully saturated rings. The zero-order valence-corrected chi connectivity index (χ0v) is 20.3. The lowest BCUT2D eigenvalue weighted by Crippen LogP contribution is -2.49. The predicted molar refractivity (Wildman–Crippen MR) is 132 cm³/mol. The molecule has 2 aromatic rings. The van der Waals surface area contributed by atoms with Crippen LogP contribution in [-0.2, 0) is 29.9 Å². The van der Waals surface area contributed by atoms with Gasteiger partial charge in [0.25, 0.3) is 17.6 Å². The predicted octanol–water partition coefficient (Wildman–Crippen LogP) is 2.26. The Bertz CT molecular complexity index is 1420. The number of carbonyl (C=O) groups is 3. The highest BCUT2D eigenvalue weighted by atomic mass is 32.2. The van der Waals surface area contributed by atoms with Crippen molar-refractivity contribution in [3.8, 4) is 0 Å². The summed E-state index contributed by atoms with van der Waals surface area (Å²) >= 11 is 0. The molecule has 10 heteroatoms. The van der Waals surface area contributed by atoms with Crippen molar-refractivity contribution in [1.29, 1.82) is 0 Å². The highest BCUT2D eigenvalue weighted by Crippen LogP contribution is 2.48. The Kier molecular flexibility index (Phi) is 5.80. The minimum absolute atomic E-state index is 0.0621. The molecule has 2 amide bonds. The topological polar surface area (TPSA) is 124 Å². The van der Waals surface area contributed by atoms with E-state index in [1.807, 2.05) is 0 Å². The lowest BCUT2D eigenvalue weighted by atomic mass is 9.83. The lowest BCUT2D eigenvalue weighted by Gasteiger charge is -2.26. The SMILES string of the molecule is C=CCN1C(=O)C2(NC(=O)C(=O)C2=C(O)c2ccc(S(=O)(=O)N3CCCCC3)cc2)c2ccccc21. The Morgan fingerprint density at radius 1 is 1.03 bits per heavy atom. The second kappa shape index (κ2) is 8.72. The molecule has 186 valence electrons. The van der Waals surface area contributed by atoms with Gasteiger partial charge in [0.2, 0.25) is 10.0 Å². The molecule has 1 atom stereocenters. The maximum atomic E-state index is 13.7. The fourth-order valence-corrected chi connectivity index (χ4v) is 6.68. The molecule has 5 rings (SSSR count). The van der Waals surface area contributed by atoms with E-state index in [-0.39, 0.29) is 22.6 Å². The van der Waals surface area contributed by atoms with Crippen molar-refractivity contribution in [3.63, 3.8) is 0 Å². The molecule has 2 aromatic carbocycles. The van der Waals surface area contributed by atoms with Crippen LogP contribution in [0.25, 0.3) is 5.76 Å². The summed E-state index contributed by atoms with van der Waals surface area (Å²) in [7, 11) is -3.70. The van der Waals surface area contributed by atoms with Crippen molar-refractivity contribution >= 4 is 39.1 Å². The lowest BCUT2D eigenvalue weighted by molar-refractivity contribution is -0.134. The number of fused-ring (bicyclic) bond motifs is 2. The van der Waals surface area contributed by atoms with E-state index in [2.05, 4.69) is 11.9 Å². The number of para-hydroxylation sites is 1. The molecule has 0 radical (unpaired) electrons. The van der Waals surface area contributed by atoms with Gasteiger partial charge in [0.1, 0.15) is 5.76 Å². The summed E-state index contributed by atoms with van der Waals surface area (Å²) in [5.41, 5.74) is -1.31. The minimum atomic E-state index is -3.70. The first kappa shape index (κ1) is 24.0. The molecule has 0 aromatic heterocycles. The number of amides is 2. The maximum absolute atomic E-state index is 13.7. The average Bonchev–Trinajstić information content (AvgIpc) is 3.30. The van der Waals surface area contributed by atoms with Gasteiger partial charge in [-0.15, -0.1) is 6.58 Å². The van der Waals surface area contributed by atoms with Gasteiger partial charge in [-0.3, -0.25) is 14.4 Å². The van der Waals surface area contributed by atoms with Crippen LogP contribution < -0.4 is 10.2 Å². The monoisotopic (exact) mass is 507 g/mol. The average molecular weight is 508 g/mol. The third kappa shape index (κ3) is 3.40. The first-order valence-corrected chi connectivity index (χ1v) is 13.1. The molecule has 1 unspecified atom stereocenters. The van der Waals surface area contributed by atoms with E-state index in [9.17, 15) is 27.9 Å². The van der Waals surface area contributed by atoms with Gasteiger partial charge in [0.15, 0.2) is 5.54 Å². The largest absolute Gasteiger partial charge is 0.507 e. The number of rotatable bonds is 5. The van der Waals surface area contributed by atoms with Gasteiger partial charge in [0, 0.05) is 30.8 Å². The zero-order chi connectivity index (χ0) is 25.7. The first-order valence-electron chi connectivity index (χ1n) is 11.7. The normalized spacial score (nSPS) is 23.7. The summed E-state index contributed by atoms with van der Waals surface area (Å²) in [6, 6.07) is 12.2. The van der Waals surface area contributed by atoms with Crippen LogP contribution >= 0.6 is 0 Å². The van der Waals surface area contributed by atoms with Gasteiger partial charge in [-0.05, 0) is 43.2 Å². The highest BCUT2D eigenvalue weighted by molar-refractivity contribution is 7.89. The number of ketones is 1. The molecule has 3 heterocycles. The van der Waals surface area contributed by atoms with E-state index in [4.69, 9.17) is 0 Å². The summed E-state index contributed by atoms with van der Waals surface area (Å²) in [5, 5.41) is 13.8. The molecule has 0 saturated carbocycles. The Labute approximate surface area is 208 Å². The van der Waals surface area contributed by atoms with E-state index in [1.54, 1.807) is 24.3 Å². The summed E-state index contributed by atoms with van der Waals surface area (Å²) in [6.45, 7) is 4.72. The molecule has 3 aliphatic rings. The number of aliphatic hydroxyl groups excluding tert-OH is 1. The highest BCUT2D eigenvalue weighted by Gasteiger charge is 2.62. The zero-order valence-electron chi connectivity index (χ0n) is 19.4. The minimum Gasteiger partial charge on any atom is -0.507 e. The van der Waals surface area contributed by atoms with Crippen LogP contribution in [0.4, 0.5) is 5.69 Å². The van der Waals surface area contributed by atoms with Gasteiger partial charge >= 0.3 is 0 Å². The Morgan fingerprint density at radius 2 is 1.69 bits per heavy atom. The smallest absolute Gasteiger partial charge is 0.293 e. The van der Waals surface area contributed by atoms with Crippen molar-refractivity contribution in [2.45, 2.75) is 29.7 Å². The van der Waals surface area contributed by atoms with Crippen molar-refractivity contribution in [2.24, 2.45) is 0 Å². The summed E-state index contributed by atoms with van der Waals surface area (Å²) in [4.78, 5) is 40.7. The quantitative estimate of drug-likeness (QED) is 0.277. The van der Waals surface area contributed by atoms with E-state index < -0.39 is 38.9 Å². The maximum Gasteiger partial charge on any atom is 0.293 e. The molecule has 3 aliphatic heterocycles. The van der Waals surface area contributed by atoms with Crippen LogP contribution in [0, 0.1) is 0 Å². The van der Waals surface area contributed by atoms with Crippen molar-refractivity contribution in [3.05, 3.63) is 77.9 Å². The number of piperidine rings is 1. The molecule has 36 heavy (non-hydrogen) atoms. The molecule has 0 bridgehead atoms. The summed E-state index contributed by atoms with van der Waals surface area (Å²) in [5.74, 6) is -3.19. The number of hydrogen-bond acceptors (Lipinski definition) is 6. The Morgan fingerprint density at radius 3 is 2.36 bits per heavy atom. The number of anilines is 1. The van der Waals surface area contributed by atoms with E-state index in [1.165, 1.54) is 39.5 Å². The number of nitrogens with one attached hydrogen (secondary N) is 1. The van der Waals surface area contributed by atoms with Crippen molar-refractivity contribution in [1.82, 2.24) is 9.62 Å². The van der Waals surface area contributed by atoms with Gasteiger partial charge in [0.05, 0.1) is 16.2 Å². The van der Waals surface area contributed by atoms with Gasteiger partial charge in [-0.25, -0.2) is 8.42 Å². The molecular weight excluding hydrogens is 482 g/mol. The Hall–Kier alpha value is -3.76. The number of benzene rings is 2. The summed E-state index contributed by atoms with van der Waals surface area (Å²) in [6.07, 6.45) is 4.11. The number of nitrogens with zero attached hydrogens (tertiary/aromatic N) is 2. The third-order valence-corrected chi connectivity index (χ3v) is 8.82. The van der Waals surface area contributed by atoms with Gasteiger partial charge in [-0.2, -0.15) is 4.31 Å². The summed E-state index contributed by atoms with van der Waals surface area (Å²) < 4.78 is 27.4. The third-order valence-electron chi connectivity index (χ3n) is 6.90. The van der Waals surface area contributed by atoms with Crippen LogP contribution in [0.2, 0.25) is 0 Å². The van der Waals surface area contributed by atoms with E-state index in [0.717, 1.165) is 19.3 Å². The number of Topliss-reactive ketones (excluding diaryl/α,β-unsaturated/α-hetero) is 1. The fraction of sp³-hybridized carbons (Fsp3) is 0.269. The number of sulfonamides is 1. The Balaban J connectivity index is 1.61. The fourth-order valence-electron chi connectivity index (χ4n) is 5.17. The van der Waals surface area contributed by atoms with Crippen LogP contribution in [0.15, 0.2) is 71.7 Å². The van der Waals surface area contributed by atoms with E-state index >= 15 is 0 Å². The number of hydrogen-bond donors (Lipinski definition) is 2. The molecule has 1 spiro atoms. The van der Waals surface area contributed by atoms with Crippen LogP contribution in [-0.4, -0.2) is 55.1 Å².